The predicted molar refractivity (Wildman–Crippen MR) is 105 cm³/mol. The zero-order valence-electron chi connectivity index (χ0n) is 14.4. The highest BCUT2D eigenvalue weighted by atomic mass is 32.1. The summed E-state index contributed by atoms with van der Waals surface area (Å²) in [6.07, 6.45) is 1.61. The summed E-state index contributed by atoms with van der Waals surface area (Å²) in [4.78, 5) is 39.7. The number of carbonyl (C=O) groups is 3. The Morgan fingerprint density at radius 2 is 1.59 bits per heavy atom. The van der Waals surface area contributed by atoms with Crippen molar-refractivity contribution in [3.05, 3.63) is 71.2 Å². The van der Waals surface area contributed by atoms with Gasteiger partial charge >= 0.3 is 0 Å². The van der Waals surface area contributed by atoms with Crippen molar-refractivity contribution >= 4 is 45.6 Å². The van der Waals surface area contributed by atoms with Crippen molar-refractivity contribution < 1.29 is 14.4 Å². The Morgan fingerprint density at radius 1 is 0.852 bits per heavy atom. The minimum atomic E-state index is -0.318. The zero-order valence-corrected chi connectivity index (χ0v) is 15.2. The molecule has 3 aromatic rings. The Bertz CT molecular complexity index is 969. The molecule has 8 heteroatoms. The van der Waals surface area contributed by atoms with Gasteiger partial charge in [0.2, 0.25) is 5.91 Å². The molecule has 0 unspecified atom stereocenters. The van der Waals surface area contributed by atoms with E-state index in [0.29, 0.717) is 27.6 Å². The van der Waals surface area contributed by atoms with Gasteiger partial charge in [-0.3, -0.25) is 19.7 Å². The zero-order chi connectivity index (χ0) is 19.2. The fourth-order valence-corrected chi connectivity index (χ4v) is 2.83. The molecule has 136 valence electrons. The van der Waals surface area contributed by atoms with Crippen LogP contribution in [0.4, 0.5) is 16.5 Å². The smallest absolute Gasteiger partial charge is 0.257 e. The molecule has 0 atom stereocenters. The number of carbonyl (C=O) groups excluding carboxylic acids is 3. The summed E-state index contributed by atoms with van der Waals surface area (Å²) in [7, 11) is 0. The second kappa shape index (κ2) is 8.24. The molecule has 2 aromatic carbocycles. The van der Waals surface area contributed by atoms with Crippen LogP contribution in [-0.4, -0.2) is 22.7 Å². The van der Waals surface area contributed by atoms with Crippen molar-refractivity contribution in [2.24, 2.45) is 0 Å². The highest BCUT2D eigenvalue weighted by Gasteiger charge is 2.10. The van der Waals surface area contributed by atoms with Gasteiger partial charge in [-0.2, -0.15) is 0 Å². The third-order valence-corrected chi connectivity index (χ3v) is 4.19. The van der Waals surface area contributed by atoms with Gasteiger partial charge in [0.15, 0.2) is 5.13 Å². The largest absolute Gasteiger partial charge is 0.326 e. The third-order valence-electron chi connectivity index (χ3n) is 3.50. The van der Waals surface area contributed by atoms with E-state index in [1.165, 1.54) is 18.3 Å². The number of nitrogens with one attached hydrogen (secondary N) is 3. The van der Waals surface area contributed by atoms with Gasteiger partial charge in [-0.25, -0.2) is 4.98 Å². The Hall–Kier alpha value is -3.52. The number of rotatable bonds is 5. The van der Waals surface area contributed by atoms with Crippen LogP contribution in [0, 0.1) is 0 Å². The van der Waals surface area contributed by atoms with Gasteiger partial charge in [0.25, 0.3) is 11.8 Å². The summed E-state index contributed by atoms with van der Waals surface area (Å²) >= 11 is 1.32. The highest BCUT2D eigenvalue weighted by molar-refractivity contribution is 7.13. The number of amides is 3. The molecule has 0 fully saturated rings. The molecule has 3 rings (SSSR count). The van der Waals surface area contributed by atoms with Crippen molar-refractivity contribution in [2.45, 2.75) is 6.92 Å². The maximum Gasteiger partial charge on any atom is 0.257 e. The van der Waals surface area contributed by atoms with E-state index in [2.05, 4.69) is 20.9 Å². The van der Waals surface area contributed by atoms with E-state index < -0.39 is 0 Å². The maximum absolute atomic E-state index is 12.4. The Morgan fingerprint density at radius 3 is 2.26 bits per heavy atom. The van der Waals surface area contributed by atoms with Crippen LogP contribution in [0.25, 0.3) is 0 Å². The van der Waals surface area contributed by atoms with Crippen LogP contribution in [0.15, 0.2) is 60.1 Å². The van der Waals surface area contributed by atoms with Gasteiger partial charge in [0.05, 0.1) is 0 Å². The van der Waals surface area contributed by atoms with E-state index >= 15 is 0 Å². The molecule has 0 saturated carbocycles. The first kappa shape index (κ1) is 18.3. The Labute approximate surface area is 159 Å². The van der Waals surface area contributed by atoms with Crippen LogP contribution in [0.5, 0.6) is 0 Å². The molecule has 0 radical (unpaired) electrons. The quantitative estimate of drug-likeness (QED) is 0.629. The standard InChI is InChI=1S/C19H16N4O3S/c1-12(24)21-15-7-5-13(6-8-15)17(25)22-16-4-2-3-14(11-16)18(26)23-19-20-9-10-27-19/h2-11H,1H3,(H,21,24)(H,22,25)(H,20,23,26). The number of anilines is 3. The second-order valence-corrected chi connectivity index (χ2v) is 6.48. The fraction of sp³-hybridized carbons (Fsp3) is 0.0526. The first-order valence-corrected chi connectivity index (χ1v) is 8.89. The van der Waals surface area contributed by atoms with Gasteiger partial charge in [-0.05, 0) is 42.5 Å². The Kier molecular flexibility index (Phi) is 5.58. The maximum atomic E-state index is 12.4. The van der Waals surface area contributed by atoms with Gasteiger partial charge in [-0.15, -0.1) is 11.3 Å². The van der Waals surface area contributed by atoms with E-state index in [0.717, 1.165) is 0 Å². The second-order valence-electron chi connectivity index (χ2n) is 5.58. The average Bonchev–Trinajstić information content (AvgIpc) is 3.15. The van der Waals surface area contributed by atoms with Gasteiger partial charge in [0.1, 0.15) is 0 Å². The van der Waals surface area contributed by atoms with Gasteiger partial charge < -0.3 is 10.6 Å². The van der Waals surface area contributed by atoms with Crippen LogP contribution >= 0.6 is 11.3 Å². The van der Waals surface area contributed by atoms with Crippen LogP contribution in [-0.2, 0) is 4.79 Å². The lowest BCUT2D eigenvalue weighted by Crippen LogP contribution is -2.14. The first-order valence-electron chi connectivity index (χ1n) is 8.01. The normalized spacial score (nSPS) is 10.1. The number of hydrogen-bond acceptors (Lipinski definition) is 5. The molecule has 27 heavy (non-hydrogen) atoms. The fourth-order valence-electron chi connectivity index (χ4n) is 2.30. The van der Waals surface area contributed by atoms with Gasteiger partial charge in [0, 0.05) is 41.0 Å². The molecule has 1 aromatic heterocycles. The highest BCUT2D eigenvalue weighted by Crippen LogP contribution is 2.17. The van der Waals surface area contributed by atoms with E-state index in [-0.39, 0.29) is 17.7 Å². The molecule has 0 bridgehead atoms. The monoisotopic (exact) mass is 380 g/mol. The van der Waals surface area contributed by atoms with E-state index in [1.807, 2.05) is 0 Å². The lowest BCUT2D eigenvalue weighted by atomic mass is 10.1. The number of hydrogen-bond donors (Lipinski definition) is 3. The summed E-state index contributed by atoms with van der Waals surface area (Å²) in [6, 6.07) is 13.1. The molecule has 0 saturated heterocycles. The van der Waals surface area contributed by atoms with Crippen molar-refractivity contribution in [3.8, 4) is 0 Å². The van der Waals surface area contributed by atoms with E-state index in [4.69, 9.17) is 0 Å². The van der Waals surface area contributed by atoms with Crippen molar-refractivity contribution in [1.82, 2.24) is 4.98 Å². The minimum absolute atomic E-state index is 0.181. The SMILES string of the molecule is CC(=O)Nc1ccc(C(=O)Nc2cccc(C(=O)Nc3nccs3)c2)cc1. The summed E-state index contributed by atoms with van der Waals surface area (Å²) in [5, 5.41) is 10.4. The lowest BCUT2D eigenvalue weighted by molar-refractivity contribution is -0.114. The van der Waals surface area contributed by atoms with Crippen LogP contribution in [0.1, 0.15) is 27.6 Å². The minimum Gasteiger partial charge on any atom is -0.326 e. The molecular formula is C19H16N4O3S. The number of aromatic nitrogens is 1. The number of nitrogens with zero attached hydrogens (tertiary/aromatic N) is 1. The Balaban J connectivity index is 1.67. The molecule has 3 amide bonds. The van der Waals surface area contributed by atoms with Gasteiger partial charge in [-0.1, -0.05) is 6.07 Å². The molecule has 1 heterocycles. The molecular weight excluding hydrogens is 364 g/mol. The van der Waals surface area contributed by atoms with E-state index in [9.17, 15) is 14.4 Å². The van der Waals surface area contributed by atoms with Crippen LogP contribution < -0.4 is 16.0 Å². The summed E-state index contributed by atoms with van der Waals surface area (Å²) < 4.78 is 0. The van der Waals surface area contributed by atoms with Crippen LogP contribution in [0.2, 0.25) is 0 Å². The molecule has 0 aliphatic rings. The lowest BCUT2D eigenvalue weighted by Gasteiger charge is -2.08. The summed E-state index contributed by atoms with van der Waals surface area (Å²) in [5.41, 5.74) is 1.95. The molecule has 0 aliphatic heterocycles. The molecule has 7 nitrogen and oxygen atoms in total. The van der Waals surface area contributed by atoms with Crippen LogP contribution in [0.3, 0.4) is 0 Å². The number of benzene rings is 2. The molecule has 3 N–H and O–H groups in total. The number of thiazole rings is 1. The third kappa shape index (κ3) is 4.99. The molecule has 0 spiro atoms. The van der Waals surface area contributed by atoms with Crippen molar-refractivity contribution in [2.75, 3.05) is 16.0 Å². The topological polar surface area (TPSA) is 100 Å². The van der Waals surface area contributed by atoms with Crippen molar-refractivity contribution in [3.63, 3.8) is 0 Å². The average molecular weight is 380 g/mol. The molecule has 0 aliphatic carbocycles. The predicted octanol–water partition coefficient (Wildman–Crippen LogP) is 3.61. The summed E-state index contributed by atoms with van der Waals surface area (Å²) in [6.45, 7) is 1.41. The summed E-state index contributed by atoms with van der Waals surface area (Å²) in [5.74, 6) is -0.803. The first-order chi connectivity index (χ1) is 13.0. The van der Waals surface area contributed by atoms with E-state index in [1.54, 1.807) is 60.1 Å². The van der Waals surface area contributed by atoms with Crippen molar-refractivity contribution in [1.29, 1.82) is 0 Å².